The van der Waals surface area contributed by atoms with Gasteiger partial charge in [-0.2, -0.15) is 0 Å². The van der Waals surface area contributed by atoms with Gasteiger partial charge in [-0.15, -0.1) is 0 Å². The Balaban J connectivity index is 2.03. The molecule has 0 aliphatic carbocycles. The molecule has 5 heteroatoms. The summed E-state index contributed by atoms with van der Waals surface area (Å²) in [4.78, 5) is 3.42. The minimum Gasteiger partial charge on any atom is -0.354 e. The van der Waals surface area contributed by atoms with Gasteiger partial charge in [0.15, 0.2) is 0 Å². The second-order valence-corrected chi connectivity index (χ2v) is 7.43. The van der Waals surface area contributed by atoms with E-state index in [1.165, 1.54) is 0 Å². The van der Waals surface area contributed by atoms with Gasteiger partial charge in [0.25, 0.3) is 0 Å². The topological polar surface area (TPSA) is 15.8 Å². The third-order valence-corrected chi connectivity index (χ3v) is 5.47. The number of halogens is 4. The maximum Gasteiger partial charge on any atom is 0.0609 e. The summed E-state index contributed by atoms with van der Waals surface area (Å²) < 4.78 is 0.989. The van der Waals surface area contributed by atoms with E-state index in [4.69, 9.17) is 34.8 Å². The molecule has 0 aliphatic heterocycles. The van der Waals surface area contributed by atoms with Crippen molar-refractivity contribution in [3.63, 3.8) is 0 Å². The van der Waals surface area contributed by atoms with Crippen LogP contribution < -0.4 is 0 Å². The Kier molecular flexibility index (Phi) is 3.81. The Bertz CT molecular complexity index is 1070. The van der Waals surface area contributed by atoms with Gasteiger partial charge in [0.05, 0.1) is 15.6 Å². The first-order valence-corrected chi connectivity index (χ1v) is 8.81. The summed E-state index contributed by atoms with van der Waals surface area (Å²) in [5.74, 6) is 0. The molecular formula is C18H9BrCl3N. The van der Waals surface area contributed by atoms with Crippen molar-refractivity contribution < 1.29 is 0 Å². The van der Waals surface area contributed by atoms with Crippen molar-refractivity contribution in [2.24, 2.45) is 0 Å². The fourth-order valence-corrected chi connectivity index (χ4v) is 3.80. The lowest BCUT2D eigenvalue weighted by atomic mass is 10.0. The minimum atomic E-state index is 0.544. The van der Waals surface area contributed by atoms with Crippen molar-refractivity contribution in [3.05, 3.63) is 68.1 Å². The van der Waals surface area contributed by atoms with Gasteiger partial charge in [-0.1, -0.05) is 40.9 Å². The molecule has 3 aromatic carbocycles. The average Bonchev–Trinajstić information content (AvgIpc) is 2.89. The zero-order valence-electron chi connectivity index (χ0n) is 11.6. The van der Waals surface area contributed by atoms with Crippen LogP contribution in [0.25, 0.3) is 32.9 Å². The van der Waals surface area contributed by atoms with Gasteiger partial charge >= 0.3 is 0 Å². The molecule has 0 bridgehead atoms. The van der Waals surface area contributed by atoms with Crippen molar-refractivity contribution in [2.45, 2.75) is 0 Å². The highest BCUT2D eigenvalue weighted by Gasteiger charge is 2.11. The number of H-pyrrole nitrogens is 1. The third kappa shape index (κ3) is 2.64. The predicted octanol–water partition coefficient (Wildman–Crippen LogP) is 7.71. The van der Waals surface area contributed by atoms with Crippen molar-refractivity contribution in [2.75, 3.05) is 0 Å². The van der Waals surface area contributed by atoms with Crippen LogP contribution in [0.1, 0.15) is 0 Å². The molecule has 0 aliphatic rings. The van der Waals surface area contributed by atoms with E-state index < -0.39 is 0 Å². The van der Waals surface area contributed by atoms with Crippen molar-refractivity contribution in [3.8, 4) is 11.1 Å². The first-order chi connectivity index (χ1) is 11.0. The SMILES string of the molecule is Clc1ccc2[nH]c3c(Br)cc(-c4ccc(Cl)c(Cl)c4)cc3c2c1. The Morgan fingerprint density at radius 2 is 1.57 bits per heavy atom. The van der Waals surface area contributed by atoms with Crippen LogP contribution in [-0.2, 0) is 0 Å². The quantitative estimate of drug-likeness (QED) is 0.321. The van der Waals surface area contributed by atoms with Gasteiger partial charge in [0.2, 0.25) is 0 Å². The molecule has 0 atom stereocenters. The molecule has 1 N–H and O–H groups in total. The summed E-state index contributed by atoms with van der Waals surface area (Å²) in [6.45, 7) is 0. The number of rotatable bonds is 1. The molecule has 4 aromatic rings. The lowest BCUT2D eigenvalue weighted by molar-refractivity contribution is 1.52. The molecule has 1 aromatic heterocycles. The number of benzene rings is 3. The standard InChI is InChI=1S/C18H9BrCl3N/c19-14-6-10(9-1-3-15(21)16(22)7-9)5-13-12-8-11(20)2-4-17(12)23-18(13)14/h1-8,23H. The first kappa shape index (κ1) is 15.3. The van der Waals surface area contributed by atoms with Crippen LogP contribution in [-0.4, -0.2) is 4.98 Å². The minimum absolute atomic E-state index is 0.544. The highest BCUT2D eigenvalue weighted by molar-refractivity contribution is 9.10. The Hall–Kier alpha value is -1.19. The number of aromatic amines is 1. The third-order valence-electron chi connectivity index (χ3n) is 3.87. The maximum absolute atomic E-state index is 6.15. The van der Waals surface area contributed by atoms with E-state index >= 15 is 0 Å². The van der Waals surface area contributed by atoms with Crippen LogP contribution in [0.4, 0.5) is 0 Å². The summed E-state index contributed by atoms with van der Waals surface area (Å²) in [5.41, 5.74) is 4.17. The monoisotopic (exact) mass is 423 g/mol. The molecule has 4 rings (SSSR count). The van der Waals surface area contributed by atoms with Crippen LogP contribution in [0.3, 0.4) is 0 Å². The second kappa shape index (κ2) is 5.71. The highest BCUT2D eigenvalue weighted by atomic mass is 79.9. The van der Waals surface area contributed by atoms with Crippen molar-refractivity contribution in [1.82, 2.24) is 4.98 Å². The zero-order valence-corrected chi connectivity index (χ0v) is 15.5. The summed E-state index contributed by atoms with van der Waals surface area (Å²) >= 11 is 22.0. The van der Waals surface area contributed by atoms with Crippen LogP contribution >= 0.6 is 50.7 Å². The van der Waals surface area contributed by atoms with E-state index in [0.717, 1.165) is 42.4 Å². The number of fused-ring (bicyclic) bond motifs is 3. The highest BCUT2D eigenvalue weighted by Crippen LogP contribution is 2.37. The first-order valence-electron chi connectivity index (χ1n) is 6.89. The van der Waals surface area contributed by atoms with E-state index in [1.807, 2.05) is 36.4 Å². The number of aromatic nitrogens is 1. The van der Waals surface area contributed by atoms with Crippen LogP contribution in [0, 0.1) is 0 Å². The van der Waals surface area contributed by atoms with E-state index in [0.29, 0.717) is 10.0 Å². The van der Waals surface area contributed by atoms with Crippen molar-refractivity contribution in [1.29, 1.82) is 0 Å². The van der Waals surface area contributed by atoms with E-state index in [1.54, 1.807) is 0 Å². The zero-order chi connectivity index (χ0) is 16.1. The molecule has 114 valence electrons. The Morgan fingerprint density at radius 3 is 2.35 bits per heavy atom. The molecule has 0 saturated heterocycles. The fraction of sp³-hybridized carbons (Fsp3) is 0. The second-order valence-electron chi connectivity index (χ2n) is 5.32. The number of hydrogen-bond acceptors (Lipinski definition) is 0. The molecule has 0 radical (unpaired) electrons. The molecule has 0 unspecified atom stereocenters. The fourth-order valence-electron chi connectivity index (χ4n) is 2.77. The van der Waals surface area contributed by atoms with Gasteiger partial charge in [-0.3, -0.25) is 0 Å². The van der Waals surface area contributed by atoms with Crippen molar-refractivity contribution >= 4 is 72.5 Å². The summed E-state index contributed by atoms with van der Waals surface area (Å²) in [5, 5.41) is 4.01. The number of hydrogen-bond donors (Lipinski definition) is 1. The molecule has 1 nitrogen and oxygen atoms in total. The largest absolute Gasteiger partial charge is 0.354 e. The Labute approximate surface area is 156 Å². The molecular weight excluding hydrogens is 416 g/mol. The van der Waals surface area contributed by atoms with E-state index in [9.17, 15) is 0 Å². The van der Waals surface area contributed by atoms with E-state index in [-0.39, 0.29) is 0 Å². The predicted molar refractivity (Wildman–Crippen MR) is 104 cm³/mol. The summed E-state index contributed by atoms with van der Waals surface area (Å²) in [6.07, 6.45) is 0. The van der Waals surface area contributed by atoms with Crippen LogP contribution in [0.2, 0.25) is 15.1 Å². The van der Waals surface area contributed by atoms with Gasteiger partial charge in [0, 0.05) is 25.8 Å². The van der Waals surface area contributed by atoms with Gasteiger partial charge in [-0.05, 0) is 69.5 Å². The maximum atomic E-state index is 6.15. The molecule has 23 heavy (non-hydrogen) atoms. The Morgan fingerprint density at radius 1 is 0.739 bits per heavy atom. The van der Waals surface area contributed by atoms with Gasteiger partial charge in [-0.25, -0.2) is 0 Å². The van der Waals surface area contributed by atoms with Crippen LogP contribution in [0.15, 0.2) is 53.0 Å². The normalized spacial score (nSPS) is 11.5. The summed E-state index contributed by atoms with van der Waals surface area (Å²) in [7, 11) is 0. The summed E-state index contributed by atoms with van der Waals surface area (Å²) in [6, 6.07) is 15.7. The lowest BCUT2D eigenvalue weighted by Crippen LogP contribution is -1.81. The lowest BCUT2D eigenvalue weighted by Gasteiger charge is -2.06. The molecule has 0 fully saturated rings. The van der Waals surface area contributed by atoms with Gasteiger partial charge in [0.1, 0.15) is 0 Å². The smallest absolute Gasteiger partial charge is 0.0609 e. The van der Waals surface area contributed by atoms with E-state index in [2.05, 4.69) is 33.0 Å². The number of nitrogens with one attached hydrogen (secondary N) is 1. The molecule has 1 heterocycles. The molecule has 0 spiro atoms. The van der Waals surface area contributed by atoms with Gasteiger partial charge < -0.3 is 4.98 Å². The van der Waals surface area contributed by atoms with Crippen LogP contribution in [0.5, 0.6) is 0 Å². The molecule has 0 saturated carbocycles. The molecule has 0 amide bonds. The average molecular weight is 426 g/mol.